The second kappa shape index (κ2) is 8.34. The lowest BCUT2D eigenvalue weighted by Crippen LogP contribution is -2.45. The number of benzene rings is 1. The van der Waals surface area contributed by atoms with Gasteiger partial charge in [-0.2, -0.15) is 0 Å². The Kier molecular flexibility index (Phi) is 5.42. The first-order valence-electron chi connectivity index (χ1n) is 11.3. The van der Waals surface area contributed by atoms with E-state index in [1.54, 1.807) is 12.4 Å². The molecule has 3 aliphatic rings. The van der Waals surface area contributed by atoms with Gasteiger partial charge in [0.1, 0.15) is 0 Å². The highest BCUT2D eigenvalue weighted by Crippen LogP contribution is 2.52. The summed E-state index contributed by atoms with van der Waals surface area (Å²) in [5, 5.41) is 3.25. The number of carbonyl (C=O) groups is 1. The van der Waals surface area contributed by atoms with Gasteiger partial charge in [-0.05, 0) is 42.9 Å². The molecule has 6 nitrogen and oxygen atoms in total. The third-order valence-electron chi connectivity index (χ3n) is 7.31. The standard InChI is InChI=1S/C24H31N5O/c30-22(25-13-5-14-28-15-8-19-6-1-2-7-20(19)16-28)21-17-29(18-24(21)9-3-10-24)23-26-11-4-12-27-23/h1-2,4,6-7,11-12,21H,3,5,8-10,13-18H2,(H,25,30). The Morgan fingerprint density at radius 2 is 1.93 bits per heavy atom. The van der Waals surface area contributed by atoms with Gasteiger partial charge in [0, 0.05) is 57.1 Å². The van der Waals surface area contributed by atoms with Crippen molar-refractivity contribution in [1.29, 1.82) is 0 Å². The summed E-state index contributed by atoms with van der Waals surface area (Å²) in [5.41, 5.74) is 3.06. The third kappa shape index (κ3) is 3.81. The molecule has 1 saturated carbocycles. The van der Waals surface area contributed by atoms with E-state index in [0.29, 0.717) is 0 Å². The number of aromatic nitrogens is 2. The molecule has 1 amide bonds. The van der Waals surface area contributed by atoms with Gasteiger partial charge in [0.15, 0.2) is 0 Å². The van der Waals surface area contributed by atoms with Crippen LogP contribution in [0.15, 0.2) is 42.7 Å². The van der Waals surface area contributed by atoms with Gasteiger partial charge < -0.3 is 10.2 Å². The topological polar surface area (TPSA) is 61.4 Å². The van der Waals surface area contributed by atoms with Crippen LogP contribution < -0.4 is 10.2 Å². The van der Waals surface area contributed by atoms with Gasteiger partial charge in [-0.1, -0.05) is 30.7 Å². The van der Waals surface area contributed by atoms with Crippen LogP contribution in [0.4, 0.5) is 5.95 Å². The minimum Gasteiger partial charge on any atom is -0.356 e. The normalized spacial score (nSPS) is 22.5. The number of fused-ring (bicyclic) bond motifs is 1. The highest BCUT2D eigenvalue weighted by Gasteiger charge is 2.53. The van der Waals surface area contributed by atoms with Crippen LogP contribution in [0.3, 0.4) is 0 Å². The molecule has 1 aromatic carbocycles. The van der Waals surface area contributed by atoms with Crippen LogP contribution in [0.2, 0.25) is 0 Å². The van der Waals surface area contributed by atoms with E-state index in [4.69, 9.17) is 0 Å². The molecule has 1 N–H and O–H groups in total. The lowest BCUT2D eigenvalue weighted by molar-refractivity contribution is -0.129. The molecule has 2 aliphatic heterocycles. The van der Waals surface area contributed by atoms with Crippen LogP contribution in [0, 0.1) is 11.3 Å². The molecule has 0 radical (unpaired) electrons. The van der Waals surface area contributed by atoms with E-state index in [9.17, 15) is 4.79 Å². The second-order valence-corrected chi connectivity index (χ2v) is 9.14. The number of hydrogen-bond acceptors (Lipinski definition) is 5. The molecule has 30 heavy (non-hydrogen) atoms. The highest BCUT2D eigenvalue weighted by molar-refractivity contribution is 5.81. The molecule has 2 fully saturated rings. The zero-order valence-corrected chi connectivity index (χ0v) is 17.6. The fourth-order valence-corrected chi connectivity index (χ4v) is 5.46. The summed E-state index contributed by atoms with van der Waals surface area (Å²) in [4.78, 5) is 26.6. The zero-order valence-electron chi connectivity index (χ0n) is 17.6. The molecule has 1 aliphatic carbocycles. The molecule has 6 heteroatoms. The summed E-state index contributed by atoms with van der Waals surface area (Å²) in [6, 6.07) is 10.6. The average Bonchev–Trinajstić information content (AvgIpc) is 3.19. The number of anilines is 1. The molecule has 5 rings (SSSR count). The first-order chi connectivity index (χ1) is 14.7. The fraction of sp³-hybridized carbons (Fsp3) is 0.542. The first-order valence-corrected chi connectivity index (χ1v) is 11.3. The average molecular weight is 406 g/mol. The van der Waals surface area contributed by atoms with Crippen molar-refractivity contribution in [2.45, 2.75) is 38.6 Å². The molecular weight excluding hydrogens is 374 g/mol. The van der Waals surface area contributed by atoms with Crippen molar-refractivity contribution in [1.82, 2.24) is 20.2 Å². The number of amides is 1. The highest BCUT2D eigenvalue weighted by atomic mass is 16.2. The molecule has 0 bridgehead atoms. The summed E-state index contributed by atoms with van der Waals surface area (Å²) in [6.07, 6.45) is 9.20. The van der Waals surface area contributed by atoms with Crippen LogP contribution in [0.5, 0.6) is 0 Å². The maximum Gasteiger partial charge on any atom is 0.225 e. The van der Waals surface area contributed by atoms with Crippen LogP contribution in [0.25, 0.3) is 0 Å². The molecule has 3 heterocycles. The van der Waals surface area contributed by atoms with Crippen LogP contribution >= 0.6 is 0 Å². The summed E-state index contributed by atoms with van der Waals surface area (Å²) >= 11 is 0. The van der Waals surface area contributed by atoms with Crippen molar-refractivity contribution in [3.05, 3.63) is 53.9 Å². The lowest BCUT2D eigenvalue weighted by Gasteiger charge is -2.41. The van der Waals surface area contributed by atoms with E-state index >= 15 is 0 Å². The third-order valence-corrected chi connectivity index (χ3v) is 7.31. The molecule has 158 valence electrons. The summed E-state index contributed by atoms with van der Waals surface area (Å²) in [7, 11) is 0. The van der Waals surface area contributed by atoms with Gasteiger partial charge in [-0.3, -0.25) is 9.69 Å². The van der Waals surface area contributed by atoms with Crippen molar-refractivity contribution >= 4 is 11.9 Å². The van der Waals surface area contributed by atoms with E-state index in [-0.39, 0.29) is 17.2 Å². The van der Waals surface area contributed by atoms with E-state index in [2.05, 4.69) is 49.4 Å². The van der Waals surface area contributed by atoms with Gasteiger partial charge in [0.2, 0.25) is 11.9 Å². The Morgan fingerprint density at radius 3 is 2.70 bits per heavy atom. The van der Waals surface area contributed by atoms with Gasteiger partial charge in [-0.25, -0.2) is 9.97 Å². The minimum atomic E-state index is 0.0527. The largest absolute Gasteiger partial charge is 0.356 e. The molecule has 1 saturated heterocycles. The number of nitrogens with zero attached hydrogens (tertiary/aromatic N) is 4. The maximum atomic E-state index is 13.1. The van der Waals surface area contributed by atoms with Crippen LogP contribution in [-0.4, -0.2) is 53.5 Å². The Labute approximate surface area is 178 Å². The molecule has 1 atom stereocenters. The van der Waals surface area contributed by atoms with Gasteiger partial charge in [-0.15, -0.1) is 0 Å². The SMILES string of the molecule is O=C(NCCCN1CCc2ccccc2C1)C1CN(c2ncccn2)CC12CCC2. The summed E-state index contributed by atoms with van der Waals surface area (Å²) < 4.78 is 0. The van der Waals surface area contributed by atoms with E-state index in [0.717, 1.165) is 70.9 Å². The molecule has 1 unspecified atom stereocenters. The number of rotatable bonds is 6. The Balaban J connectivity index is 1.11. The quantitative estimate of drug-likeness (QED) is 0.749. The predicted molar refractivity (Wildman–Crippen MR) is 117 cm³/mol. The van der Waals surface area contributed by atoms with E-state index in [1.165, 1.54) is 17.5 Å². The molecule has 1 spiro atoms. The van der Waals surface area contributed by atoms with Gasteiger partial charge in [0.05, 0.1) is 5.92 Å². The van der Waals surface area contributed by atoms with E-state index in [1.807, 2.05) is 6.07 Å². The smallest absolute Gasteiger partial charge is 0.225 e. The Hall–Kier alpha value is -2.47. The van der Waals surface area contributed by atoms with Crippen molar-refractivity contribution in [2.75, 3.05) is 37.6 Å². The van der Waals surface area contributed by atoms with Gasteiger partial charge >= 0.3 is 0 Å². The molecular formula is C24H31N5O. The van der Waals surface area contributed by atoms with E-state index < -0.39 is 0 Å². The Morgan fingerprint density at radius 1 is 1.13 bits per heavy atom. The maximum absolute atomic E-state index is 13.1. The second-order valence-electron chi connectivity index (χ2n) is 9.14. The number of carbonyl (C=O) groups excluding carboxylic acids is 1. The number of hydrogen-bond donors (Lipinski definition) is 1. The molecule has 1 aromatic heterocycles. The molecule has 2 aromatic rings. The summed E-state index contributed by atoms with van der Waals surface area (Å²) in [5.74, 6) is 1.03. The zero-order chi connectivity index (χ0) is 20.4. The number of nitrogens with one attached hydrogen (secondary N) is 1. The minimum absolute atomic E-state index is 0.0527. The fourth-order valence-electron chi connectivity index (χ4n) is 5.46. The lowest BCUT2D eigenvalue weighted by atomic mass is 9.62. The van der Waals surface area contributed by atoms with Gasteiger partial charge in [0.25, 0.3) is 0 Å². The van der Waals surface area contributed by atoms with Crippen molar-refractivity contribution in [3.8, 4) is 0 Å². The Bertz CT molecular complexity index is 882. The van der Waals surface area contributed by atoms with Crippen molar-refractivity contribution in [3.63, 3.8) is 0 Å². The van der Waals surface area contributed by atoms with Crippen molar-refractivity contribution in [2.24, 2.45) is 11.3 Å². The first kappa shape index (κ1) is 19.5. The van der Waals surface area contributed by atoms with Crippen LogP contribution in [-0.2, 0) is 17.8 Å². The van der Waals surface area contributed by atoms with Crippen LogP contribution in [0.1, 0.15) is 36.8 Å². The monoisotopic (exact) mass is 405 g/mol. The summed E-state index contributed by atoms with van der Waals surface area (Å²) in [6.45, 7) is 5.57. The van der Waals surface area contributed by atoms with Crippen molar-refractivity contribution < 1.29 is 4.79 Å². The predicted octanol–water partition coefficient (Wildman–Crippen LogP) is 2.65.